The van der Waals surface area contributed by atoms with Crippen LogP contribution in [0.4, 0.5) is 10.2 Å². The van der Waals surface area contributed by atoms with E-state index in [0.29, 0.717) is 49.0 Å². The molecular formula is C23H22ClFN4O2. The topological polar surface area (TPSA) is 67.2 Å². The van der Waals surface area contributed by atoms with Gasteiger partial charge in [-0.15, -0.1) is 5.10 Å². The molecule has 0 radical (unpaired) electrons. The molecule has 0 atom stereocenters. The van der Waals surface area contributed by atoms with Gasteiger partial charge in [0.15, 0.2) is 0 Å². The van der Waals surface area contributed by atoms with Crippen molar-refractivity contribution < 1.29 is 9.18 Å². The largest absolute Gasteiger partial charge is 0.355 e. The quantitative estimate of drug-likeness (QED) is 0.658. The fourth-order valence-electron chi connectivity index (χ4n) is 3.71. The molecule has 0 unspecified atom stereocenters. The molecule has 1 aromatic heterocycles. The van der Waals surface area contributed by atoms with Crippen LogP contribution in [0, 0.1) is 11.7 Å². The highest BCUT2D eigenvalue weighted by molar-refractivity contribution is 6.30. The maximum atomic E-state index is 13.3. The summed E-state index contributed by atoms with van der Waals surface area (Å²) in [6.45, 7) is 1.61. The second-order valence-corrected chi connectivity index (χ2v) is 7.97. The lowest BCUT2D eigenvalue weighted by molar-refractivity contribution is -0.125. The van der Waals surface area contributed by atoms with Gasteiger partial charge in [0, 0.05) is 36.6 Å². The number of carbonyl (C=O) groups excluding carboxylic acids is 1. The summed E-state index contributed by atoms with van der Waals surface area (Å²) in [6, 6.07) is 16.4. The Labute approximate surface area is 184 Å². The van der Waals surface area contributed by atoms with Gasteiger partial charge in [-0.3, -0.25) is 9.59 Å². The number of nitrogens with one attached hydrogen (secondary N) is 1. The Hall–Kier alpha value is -3.19. The number of piperidine rings is 1. The average Bonchev–Trinajstić information content (AvgIpc) is 2.78. The van der Waals surface area contributed by atoms with Gasteiger partial charge in [-0.05, 0) is 54.8 Å². The predicted octanol–water partition coefficient (Wildman–Crippen LogP) is 3.56. The van der Waals surface area contributed by atoms with E-state index in [1.54, 1.807) is 42.5 Å². The standard InChI is InChI=1S/C23H22ClFN4O2/c24-18-4-2-6-20(14-18)29-22(30)8-7-21(27-29)28-11-9-17(10-12-28)23(31)26-15-16-3-1-5-19(25)13-16/h1-8,13-14,17H,9-12,15H2,(H,26,31). The van der Waals surface area contributed by atoms with Gasteiger partial charge in [-0.2, -0.15) is 4.68 Å². The number of halogens is 2. The van der Waals surface area contributed by atoms with Crippen LogP contribution in [0.3, 0.4) is 0 Å². The van der Waals surface area contributed by atoms with Crippen molar-refractivity contribution in [1.82, 2.24) is 15.1 Å². The van der Waals surface area contributed by atoms with Crippen LogP contribution >= 0.6 is 11.6 Å². The van der Waals surface area contributed by atoms with E-state index < -0.39 is 0 Å². The maximum Gasteiger partial charge on any atom is 0.271 e. The molecule has 6 nitrogen and oxygen atoms in total. The second-order valence-electron chi connectivity index (χ2n) is 7.53. The molecule has 1 fully saturated rings. The van der Waals surface area contributed by atoms with E-state index in [4.69, 9.17) is 11.6 Å². The lowest BCUT2D eigenvalue weighted by Crippen LogP contribution is -2.41. The molecule has 3 aromatic rings. The van der Waals surface area contributed by atoms with Crippen LogP contribution in [0.25, 0.3) is 5.69 Å². The normalized spacial score (nSPS) is 14.5. The van der Waals surface area contributed by atoms with Crippen molar-refractivity contribution in [3.8, 4) is 5.69 Å². The Morgan fingerprint density at radius 1 is 1.10 bits per heavy atom. The molecule has 2 aromatic carbocycles. The van der Waals surface area contributed by atoms with Crippen LogP contribution in [-0.2, 0) is 11.3 Å². The number of carbonyl (C=O) groups is 1. The molecule has 4 rings (SSSR count). The van der Waals surface area contributed by atoms with Gasteiger partial charge in [-0.25, -0.2) is 4.39 Å². The molecule has 160 valence electrons. The van der Waals surface area contributed by atoms with Crippen LogP contribution < -0.4 is 15.8 Å². The van der Waals surface area contributed by atoms with E-state index in [-0.39, 0.29) is 23.2 Å². The number of hydrogen-bond acceptors (Lipinski definition) is 4. The number of rotatable bonds is 5. The number of aromatic nitrogens is 2. The molecular weight excluding hydrogens is 419 g/mol. The highest BCUT2D eigenvalue weighted by Crippen LogP contribution is 2.22. The summed E-state index contributed by atoms with van der Waals surface area (Å²) < 4.78 is 14.6. The molecule has 1 amide bonds. The van der Waals surface area contributed by atoms with Crippen molar-refractivity contribution in [3.05, 3.63) is 87.4 Å². The van der Waals surface area contributed by atoms with Gasteiger partial charge in [0.1, 0.15) is 11.6 Å². The number of hydrogen-bond donors (Lipinski definition) is 1. The summed E-state index contributed by atoms with van der Waals surface area (Å²) in [6.07, 6.45) is 1.35. The van der Waals surface area contributed by atoms with Crippen molar-refractivity contribution >= 4 is 23.3 Å². The minimum Gasteiger partial charge on any atom is -0.355 e. The van der Waals surface area contributed by atoms with Crippen molar-refractivity contribution in [3.63, 3.8) is 0 Å². The van der Waals surface area contributed by atoms with Crippen LogP contribution in [0.1, 0.15) is 18.4 Å². The van der Waals surface area contributed by atoms with Crippen molar-refractivity contribution in [2.24, 2.45) is 5.92 Å². The van der Waals surface area contributed by atoms with Gasteiger partial charge in [0.05, 0.1) is 5.69 Å². The molecule has 0 bridgehead atoms. The summed E-state index contributed by atoms with van der Waals surface area (Å²) in [7, 11) is 0. The minimum absolute atomic E-state index is 0.0271. The Morgan fingerprint density at radius 3 is 2.61 bits per heavy atom. The molecule has 2 heterocycles. The van der Waals surface area contributed by atoms with Crippen molar-refractivity contribution in [2.45, 2.75) is 19.4 Å². The zero-order chi connectivity index (χ0) is 21.8. The van der Waals surface area contributed by atoms with Crippen LogP contribution in [0.2, 0.25) is 5.02 Å². The first-order chi connectivity index (χ1) is 15.0. The summed E-state index contributed by atoms with van der Waals surface area (Å²) in [4.78, 5) is 26.9. The Balaban J connectivity index is 1.38. The van der Waals surface area contributed by atoms with Crippen LogP contribution in [0.5, 0.6) is 0 Å². The molecule has 0 spiro atoms. The Kier molecular flexibility index (Phi) is 6.32. The fraction of sp³-hybridized carbons (Fsp3) is 0.261. The Bertz CT molecular complexity index is 1140. The molecule has 8 heteroatoms. The summed E-state index contributed by atoms with van der Waals surface area (Å²) >= 11 is 6.04. The monoisotopic (exact) mass is 440 g/mol. The van der Waals surface area contributed by atoms with E-state index in [1.165, 1.54) is 22.9 Å². The van der Waals surface area contributed by atoms with Gasteiger partial charge in [0.2, 0.25) is 5.91 Å². The first kappa shape index (κ1) is 21.1. The Morgan fingerprint density at radius 2 is 1.87 bits per heavy atom. The highest BCUT2D eigenvalue weighted by Gasteiger charge is 2.26. The molecule has 1 saturated heterocycles. The summed E-state index contributed by atoms with van der Waals surface area (Å²) in [5, 5.41) is 7.92. The van der Waals surface area contributed by atoms with E-state index >= 15 is 0 Å². The van der Waals surface area contributed by atoms with Crippen molar-refractivity contribution in [1.29, 1.82) is 0 Å². The van der Waals surface area contributed by atoms with Crippen LogP contribution in [-0.4, -0.2) is 28.8 Å². The summed E-state index contributed by atoms with van der Waals surface area (Å²) in [5.74, 6) is 0.231. The number of anilines is 1. The third kappa shape index (κ3) is 5.11. The third-order valence-electron chi connectivity index (χ3n) is 5.38. The van der Waals surface area contributed by atoms with Crippen LogP contribution in [0.15, 0.2) is 65.5 Å². The maximum absolute atomic E-state index is 13.3. The fourth-order valence-corrected chi connectivity index (χ4v) is 3.90. The van der Waals surface area contributed by atoms with Crippen molar-refractivity contribution in [2.75, 3.05) is 18.0 Å². The zero-order valence-corrected chi connectivity index (χ0v) is 17.6. The summed E-state index contributed by atoms with van der Waals surface area (Å²) in [5.41, 5.74) is 1.10. The molecule has 0 saturated carbocycles. The molecule has 1 N–H and O–H groups in total. The van der Waals surface area contributed by atoms with Gasteiger partial charge >= 0.3 is 0 Å². The number of amides is 1. The van der Waals surface area contributed by atoms with E-state index in [9.17, 15) is 14.0 Å². The molecule has 0 aliphatic carbocycles. The SMILES string of the molecule is O=C(NCc1cccc(F)c1)C1CCN(c2ccc(=O)n(-c3cccc(Cl)c3)n2)CC1. The smallest absolute Gasteiger partial charge is 0.271 e. The lowest BCUT2D eigenvalue weighted by atomic mass is 9.96. The first-order valence-electron chi connectivity index (χ1n) is 10.1. The van der Waals surface area contributed by atoms with Gasteiger partial charge in [0.25, 0.3) is 5.56 Å². The third-order valence-corrected chi connectivity index (χ3v) is 5.62. The second kappa shape index (κ2) is 9.31. The highest BCUT2D eigenvalue weighted by atomic mass is 35.5. The number of benzene rings is 2. The van der Waals surface area contributed by atoms with Gasteiger partial charge in [-0.1, -0.05) is 29.8 Å². The van der Waals surface area contributed by atoms with E-state index in [0.717, 1.165) is 5.56 Å². The zero-order valence-electron chi connectivity index (χ0n) is 16.8. The average molecular weight is 441 g/mol. The van der Waals surface area contributed by atoms with E-state index in [1.807, 2.05) is 0 Å². The molecule has 1 aliphatic rings. The minimum atomic E-state index is -0.313. The van der Waals surface area contributed by atoms with E-state index in [2.05, 4.69) is 15.3 Å². The predicted molar refractivity (Wildman–Crippen MR) is 118 cm³/mol. The molecule has 1 aliphatic heterocycles. The lowest BCUT2D eigenvalue weighted by Gasteiger charge is -2.32. The first-order valence-corrected chi connectivity index (χ1v) is 10.5. The number of nitrogens with zero attached hydrogens (tertiary/aromatic N) is 3. The molecule has 31 heavy (non-hydrogen) atoms. The van der Waals surface area contributed by atoms with Gasteiger partial charge < -0.3 is 10.2 Å².